The second-order valence-electron chi connectivity index (χ2n) is 6.14. The van der Waals surface area contributed by atoms with Gasteiger partial charge in [-0.3, -0.25) is 9.20 Å². The number of benzene rings is 1. The Bertz CT molecular complexity index is 1080. The summed E-state index contributed by atoms with van der Waals surface area (Å²) in [7, 11) is 0. The number of hydrogen-bond acceptors (Lipinski definition) is 5. The predicted molar refractivity (Wildman–Crippen MR) is 95.6 cm³/mol. The second kappa shape index (κ2) is 6.46. The topological polar surface area (TPSA) is 69.9 Å². The number of esters is 1. The van der Waals surface area contributed by atoms with Crippen molar-refractivity contribution in [3.05, 3.63) is 74.8 Å². The summed E-state index contributed by atoms with van der Waals surface area (Å²) in [5, 5.41) is 0.595. The van der Waals surface area contributed by atoms with Crippen molar-refractivity contribution < 1.29 is 14.3 Å². The van der Waals surface area contributed by atoms with Crippen LogP contribution in [0.3, 0.4) is 0 Å². The number of halogens is 1. The number of hydrogen-bond donors (Lipinski definition) is 0. The Labute approximate surface area is 154 Å². The van der Waals surface area contributed by atoms with Crippen LogP contribution in [0.4, 0.5) is 0 Å². The lowest BCUT2D eigenvalue weighted by molar-refractivity contribution is -0.152. The van der Waals surface area contributed by atoms with Gasteiger partial charge in [-0.25, -0.2) is 9.78 Å². The highest BCUT2D eigenvalue weighted by Crippen LogP contribution is 2.31. The van der Waals surface area contributed by atoms with E-state index in [0.29, 0.717) is 28.5 Å². The smallest absolute Gasteiger partial charge is 0.348 e. The van der Waals surface area contributed by atoms with Crippen molar-refractivity contribution >= 4 is 23.2 Å². The van der Waals surface area contributed by atoms with E-state index < -0.39 is 12.1 Å². The number of ether oxygens (including phenoxy) is 2. The maximum absolute atomic E-state index is 12.3. The summed E-state index contributed by atoms with van der Waals surface area (Å²) in [4.78, 5) is 28.9. The quantitative estimate of drug-likeness (QED) is 0.663. The standard InChI is InChI=1S/C19H15ClN2O4/c1-11-3-2-6-22-17(23)9-14(21-18(11)22)10-25-19(24)16-8-12-7-13(20)4-5-15(12)26-16/h2-7,9,16H,8,10H2,1H3. The zero-order valence-corrected chi connectivity index (χ0v) is 14.7. The minimum Gasteiger partial charge on any atom is -0.478 e. The molecule has 1 unspecified atom stereocenters. The van der Waals surface area contributed by atoms with Gasteiger partial charge in [0.15, 0.2) is 6.10 Å². The molecular formula is C19H15ClN2O4. The molecule has 132 valence electrons. The molecule has 1 aliphatic heterocycles. The van der Waals surface area contributed by atoms with Crippen LogP contribution in [0.25, 0.3) is 5.65 Å². The molecule has 0 spiro atoms. The van der Waals surface area contributed by atoms with Crippen LogP contribution >= 0.6 is 11.6 Å². The summed E-state index contributed by atoms with van der Waals surface area (Å²) in [5.74, 6) is 0.137. The molecule has 4 rings (SSSR count). The molecular weight excluding hydrogens is 356 g/mol. The van der Waals surface area contributed by atoms with Gasteiger partial charge in [0.1, 0.15) is 18.0 Å². The molecule has 1 aromatic carbocycles. The van der Waals surface area contributed by atoms with Crippen LogP contribution < -0.4 is 10.3 Å². The molecule has 0 saturated carbocycles. The number of aromatic nitrogens is 2. The minimum atomic E-state index is -0.716. The van der Waals surface area contributed by atoms with E-state index in [9.17, 15) is 9.59 Å². The molecule has 0 N–H and O–H groups in total. The molecule has 0 saturated heterocycles. The lowest BCUT2D eigenvalue weighted by Crippen LogP contribution is -2.27. The highest BCUT2D eigenvalue weighted by atomic mass is 35.5. The molecule has 0 bridgehead atoms. The van der Waals surface area contributed by atoms with Crippen molar-refractivity contribution in [3.63, 3.8) is 0 Å². The van der Waals surface area contributed by atoms with Crippen LogP contribution in [-0.2, 0) is 22.6 Å². The van der Waals surface area contributed by atoms with Crippen LogP contribution in [0.5, 0.6) is 5.75 Å². The highest BCUT2D eigenvalue weighted by Gasteiger charge is 2.30. The van der Waals surface area contributed by atoms with Gasteiger partial charge in [-0.1, -0.05) is 17.7 Å². The fourth-order valence-electron chi connectivity index (χ4n) is 2.97. The molecule has 0 radical (unpaired) electrons. The molecule has 0 aliphatic carbocycles. The Morgan fingerprint density at radius 2 is 2.23 bits per heavy atom. The first-order valence-electron chi connectivity index (χ1n) is 8.11. The Morgan fingerprint density at radius 3 is 3.08 bits per heavy atom. The van der Waals surface area contributed by atoms with E-state index in [1.165, 1.54) is 10.5 Å². The summed E-state index contributed by atoms with van der Waals surface area (Å²) in [6.45, 7) is 1.78. The van der Waals surface area contributed by atoms with Crippen LogP contribution in [0.2, 0.25) is 5.02 Å². The average Bonchev–Trinajstić information content (AvgIpc) is 3.04. The Hall–Kier alpha value is -2.86. The number of nitrogens with zero attached hydrogens (tertiary/aromatic N) is 2. The van der Waals surface area contributed by atoms with Gasteiger partial charge in [-0.2, -0.15) is 0 Å². The van der Waals surface area contributed by atoms with Crippen LogP contribution in [0, 0.1) is 6.92 Å². The zero-order chi connectivity index (χ0) is 18.3. The van der Waals surface area contributed by atoms with E-state index >= 15 is 0 Å². The first-order chi connectivity index (χ1) is 12.5. The Kier molecular flexibility index (Phi) is 4.12. The summed E-state index contributed by atoms with van der Waals surface area (Å²) >= 11 is 5.96. The molecule has 7 heteroatoms. The summed E-state index contributed by atoms with van der Waals surface area (Å²) in [6.07, 6.45) is 1.34. The molecule has 3 heterocycles. The fraction of sp³-hybridized carbons (Fsp3) is 0.211. The molecule has 0 amide bonds. The van der Waals surface area contributed by atoms with Gasteiger partial charge in [0, 0.05) is 23.7 Å². The Morgan fingerprint density at radius 1 is 1.38 bits per heavy atom. The lowest BCUT2D eigenvalue weighted by atomic mass is 10.1. The van der Waals surface area contributed by atoms with Crippen LogP contribution in [0.15, 0.2) is 47.4 Å². The monoisotopic (exact) mass is 370 g/mol. The van der Waals surface area contributed by atoms with Gasteiger partial charge in [0.25, 0.3) is 5.56 Å². The van der Waals surface area contributed by atoms with Gasteiger partial charge in [-0.15, -0.1) is 0 Å². The van der Waals surface area contributed by atoms with Gasteiger partial charge >= 0.3 is 5.97 Å². The first-order valence-corrected chi connectivity index (χ1v) is 8.49. The number of aryl methyl sites for hydroxylation is 1. The largest absolute Gasteiger partial charge is 0.478 e. The fourth-order valence-corrected chi connectivity index (χ4v) is 3.16. The number of carbonyl (C=O) groups is 1. The lowest BCUT2D eigenvalue weighted by Gasteiger charge is -2.11. The van der Waals surface area contributed by atoms with Gasteiger partial charge in [-0.05, 0) is 42.3 Å². The van der Waals surface area contributed by atoms with Gasteiger partial charge < -0.3 is 9.47 Å². The first kappa shape index (κ1) is 16.6. The molecule has 1 aliphatic rings. The van der Waals surface area contributed by atoms with E-state index in [0.717, 1.165) is 11.1 Å². The van der Waals surface area contributed by atoms with E-state index in [-0.39, 0.29) is 12.2 Å². The summed E-state index contributed by atoms with van der Waals surface area (Å²) in [5.41, 5.74) is 2.46. The number of rotatable bonds is 3. The molecule has 26 heavy (non-hydrogen) atoms. The molecule has 0 fully saturated rings. The number of pyridine rings is 1. The van der Waals surface area contributed by atoms with E-state index in [1.807, 2.05) is 13.0 Å². The SMILES string of the molecule is Cc1cccn2c(=O)cc(COC(=O)C3Cc4cc(Cl)ccc4O3)nc12. The average molecular weight is 371 g/mol. The minimum absolute atomic E-state index is 0.0874. The molecule has 2 aromatic heterocycles. The predicted octanol–water partition coefficient (Wildman–Crippen LogP) is 2.70. The zero-order valence-electron chi connectivity index (χ0n) is 13.9. The van der Waals surface area contributed by atoms with E-state index in [4.69, 9.17) is 21.1 Å². The van der Waals surface area contributed by atoms with Crippen LogP contribution in [-0.4, -0.2) is 21.5 Å². The van der Waals surface area contributed by atoms with Crippen molar-refractivity contribution in [3.8, 4) is 5.75 Å². The van der Waals surface area contributed by atoms with E-state index in [1.54, 1.807) is 30.5 Å². The maximum atomic E-state index is 12.3. The molecule has 3 aromatic rings. The highest BCUT2D eigenvalue weighted by molar-refractivity contribution is 6.30. The summed E-state index contributed by atoms with van der Waals surface area (Å²) in [6, 6.07) is 10.2. The van der Waals surface area contributed by atoms with Gasteiger partial charge in [0.05, 0.1) is 5.69 Å². The van der Waals surface area contributed by atoms with Crippen molar-refractivity contribution in [1.29, 1.82) is 0 Å². The van der Waals surface area contributed by atoms with Gasteiger partial charge in [0.2, 0.25) is 0 Å². The summed E-state index contributed by atoms with van der Waals surface area (Å²) < 4.78 is 12.4. The molecule has 6 nitrogen and oxygen atoms in total. The maximum Gasteiger partial charge on any atom is 0.348 e. The Balaban J connectivity index is 1.48. The number of carbonyl (C=O) groups excluding carboxylic acids is 1. The third kappa shape index (κ3) is 3.04. The normalized spacial score (nSPS) is 15.5. The van der Waals surface area contributed by atoms with Crippen LogP contribution in [0.1, 0.15) is 16.8 Å². The number of fused-ring (bicyclic) bond motifs is 2. The van der Waals surface area contributed by atoms with Crippen molar-refractivity contribution in [1.82, 2.24) is 9.38 Å². The third-order valence-electron chi connectivity index (χ3n) is 4.26. The third-order valence-corrected chi connectivity index (χ3v) is 4.50. The van der Waals surface area contributed by atoms with E-state index in [2.05, 4.69) is 4.98 Å². The molecule has 1 atom stereocenters. The van der Waals surface area contributed by atoms with Crippen molar-refractivity contribution in [2.45, 2.75) is 26.1 Å². The van der Waals surface area contributed by atoms with Crippen molar-refractivity contribution in [2.24, 2.45) is 0 Å². The second-order valence-corrected chi connectivity index (χ2v) is 6.58. The van der Waals surface area contributed by atoms with Crippen molar-refractivity contribution in [2.75, 3.05) is 0 Å².